The number of nitrogens with zero attached hydrogens (tertiary/aromatic N) is 4. The van der Waals surface area contributed by atoms with Crippen LogP contribution in [-0.4, -0.2) is 23.8 Å². The standard InChI is InChI=1S/C14H24N8/c1-14-6-5-11(20-22-13(17)18)7-9(14)3-2-4-10(14)8-19-21-12(15)16/h7-8,10H,2-6H2,1H3,(H4,15,16,21)(H4,17,18,22)/b19-8-,20-11-/t10-,14+/m1/s1. The van der Waals surface area contributed by atoms with E-state index >= 15 is 0 Å². The minimum atomic E-state index is -0.0247. The molecule has 0 bridgehead atoms. The quantitative estimate of drug-likeness (QED) is 0.338. The number of allylic oxidation sites excluding steroid dienone is 2. The van der Waals surface area contributed by atoms with Crippen LogP contribution in [0.1, 0.15) is 39.0 Å². The average molecular weight is 304 g/mol. The van der Waals surface area contributed by atoms with E-state index in [-0.39, 0.29) is 17.3 Å². The molecule has 0 amide bonds. The summed E-state index contributed by atoms with van der Waals surface area (Å²) >= 11 is 0. The van der Waals surface area contributed by atoms with Crippen LogP contribution in [0.3, 0.4) is 0 Å². The van der Waals surface area contributed by atoms with E-state index in [0.29, 0.717) is 5.92 Å². The third kappa shape index (κ3) is 3.63. The van der Waals surface area contributed by atoms with Crippen LogP contribution >= 0.6 is 0 Å². The van der Waals surface area contributed by atoms with Gasteiger partial charge in [-0.1, -0.05) is 12.5 Å². The summed E-state index contributed by atoms with van der Waals surface area (Å²) in [6.07, 6.45) is 9.05. The van der Waals surface area contributed by atoms with Crippen LogP contribution in [-0.2, 0) is 0 Å². The van der Waals surface area contributed by atoms with Crippen molar-refractivity contribution in [2.45, 2.75) is 39.0 Å². The van der Waals surface area contributed by atoms with Gasteiger partial charge in [-0.15, -0.1) is 10.2 Å². The number of hydrogen-bond acceptors (Lipinski definition) is 4. The molecule has 0 aromatic carbocycles. The highest BCUT2D eigenvalue weighted by Crippen LogP contribution is 2.49. The van der Waals surface area contributed by atoms with Crippen LogP contribution in [0.5, 0.6) is 0 Å². The smallest absolute Gasteiger partial charge is 0.211 e. The lowest BCUT2D eigenvalue weighted by Gasteiger charge is -2.44. The Kier molecular flexibility index (Phi) is 4.79. The Morgan fingerprint density at radius 1 is 1.18 bits per heavy atom. The zero-order chi connectivity index (χ0) is 16.2. The molecule has 2 aliphatic rings. The van der Waals surface area contributed by atoms with Gasteiger partial charge in [-0.05, 0) is 43.6 Å². The monoisotopic (exact) mass is 304 g/mol. The Morgan fingerprint density at radius 3 is 2.59 bits per heavy atom. The van der Waals surface area contributed by atoms with Gasteiger partial charge in [0.25, 0.3) is 0 Å². The minimum absolute atomic E-state index is 0.0230. The average Bonchev–Trinajstić information content (AvgIpc) is 2.45. The first-order chi connectivity index (χ1) is 10.4. The molecule has 0 saturated heterocycles. The van der Waals surface area contributed by atoms with Crippen molar-refractivity contribution < 1.29 is 0 Å². The fourth-order valence-corrected chi connectivity index (χ4v) is 3.22. The molecule has 0 aromatic heterocycles. The number of hydrogen-bond donors (Lipinski definition) is 4. The molecule has 0 radical (unpaired) electrons. The van der Waals surface area contributed by atoms with Gasteiger partial charge >= 0.3 is 0 Å². The summed E-state index contributed by atoms with van der Waals surface area (Å²) in [6.45, 7) is 2.27. The summed E-state index contributed by atoms with van der Waals surface area (Å²) in [6, 6.07) is 0. The molecule has 8 nitrogen and oxygen atoms in total. The topological polar surface area (TPSA) is 154 Å². The molecule has 2 rings (SSSR count). The van der Waals surface area contributed by atoms with Gasteiger partial charge in [-0.3, -0.25) is 0 Å². The molecule has 0 aliphatic heterocycles. The molecule has 8 N–H and O–H groups in total. The molecular weight excluding hydrogens is 280 g/mol. The number of fused-ring (bicyclic) bond motifs is 1. The van der Waals surface area contributed by atoms with Gasteiger partial charge in [0.15, 0.2) is 0 Å². The summed E-state index contributed by atoms with van der Waals surface area (Å²) in [5, 5.41) is 15.6. The lowest BCUT2D eigenvalue weighted by atomic mass is 9.60. The molecular formula is C14H24N8. The highest BCUT2D eigenvalue weighted by atomic mass is 15.3. The second kappa shape index (κ2) is 6.59. The van der Waals surface area contributed by atoms with Crippen molar-refractivity contribution in [1.82, 2.24) is 0 Å². The van der Waals surface area contributed by atoms with E-state index in [2.05, 4.69) is 33.4 Å². The SMILES string of the molecule is C[C@]12CC/C(=N/N=C(N)N)C=C1CCC[C@@H]2/C=N\N=C(N)N. The summed E-state index contributed by atoms with van der Waals surface area (Å²) in [5.74, 6) is 0.272. The van der Waals surface area contributed by atoms with Crippen molar-refractivity contribution in [2.24, 2.45) is 54.7 Å². The van der Waals surface area contributed by atoms with E-state index in [4.69, 9.17) is 22.9 Å². The van der Waals surface area contributed by atoms with E-state index in [1.165, 1.54) is 5.57 Å². The summed E-state index contributed by atoms with van der Waals surface area (Å²) in [4.78, 5) is 0. The third-order valence-corrected chi connectivity index (χ3v) is 4.47. The normalized spacial score (nSPS) is 29.8. The van der Waals surface area contributed by atoms with Crippen molar-refractivity contribution in [3.8, 4) is 0 Å². The highest BCUT2D eigenvalue weighted by Gasteiger charge is 2.41. The van der Waals surface area contributed by atoms with Crippen LogP contribution in [0.4, 0.5) is 0 Å². The lowest BCUT2D eigenvalue weighted by Crippen LogP contribution is -2.37. The Morgan fingerprint density at radius 2 is 1.91 bits per heavy atom. The first-order valence-electron chi connectivity index (χ1n) is 7.40. The Bertz CT molecular complexity index is 563. The van der Waals surface area contributed by atoms with Gasteiger partial charge in [0.2, 0.25) is 11.9 Å². The highest BCUT2D eigenvalue weighted by molar-refractivity contribution is 5.97. The molecule has 0 spiro atoms. The third-order valence-electron chi connectivity index (χ3n) is 4.47. The van der Waals surface area contributed by atoms with Gasteiger partial charge in [-0.2, -0.15) is 10.2 Å². The van der Waals surface area contributed by atoms with Crippen LogP contribution in [0.25, 0.3) is 0 Å². The van der Waals surface area contributed by atoms with Crippen molar-refractivity contribution in [3.05, 3.63) is 11.6 Å². The molecule has 0 aromatic rings. The molecule has 22 heavy (non-hydrogen) atoms. The summed E-state index contributed by atoms with van der Waals surface area (Å²) < 4.78 is 0. The molecule has 0 heterocycles. The zero-order valence-electron chi connectivity index (χ0n) is 12.9. The van der Waals surface area contributed by atoms with Crippen LogP contribution in [0.2, 0.25) is 0 Å². The zero-order valence-corrected chi connectivity index (χ0v) is 12.9. The van der Waals surface area contributed by atoms with Crippen LogP contribution < -0.4 is 22.9 Å². The van der Waals surface area contributed by atoms with Crippen molar-refractivity contribution >= 4 is 23.8 Å². The van der Waals surface area contributed by atoms with Gasteiger partial charge in [0.1, 0.15) is 0 Å². The molecule has 1 saturated carbocycles. The van der Waals surface area contributed by atoms with E-state index < -0.39 is 0 Å². The maximum Gasteiger partial charge on any atom is 0.211 e. The van der Waals surface area contributed by atoms with Crippen molar-refractivity contribution in [3.63, 3.8) is 0 Å². The second-order valence-electron chi connectivity index (χ2n) is 5.99. The Hall–Kier alpha value is -2.38. The van der Waals surface area contributed by atoms with Crippen molar-refractivity contribution in [1.29, 1.82) is 0 Å². The van der Waals surface area contributed by atoms with E-state index in [1.807, 2.05) is 6.21 Å². The fourth-order valence-electron chi connectivity index (χ4n) is 3.22. The second-order valence-corrected chi connectivity index (χ2v) is 5.99. The molecule has 120 valence electrons. The van der Waals surface area contributed by atoms with E-state index in [0.717, 1.165) is 37.8 Å². The summed E-state index contributed by atoms with van der Waals surface area (Å²) in [7, 11) is 0. The predicted octanol–water partition coefficient (Wildman–Crippen LogP) is 0.402. The largest absolute Gasteiger partial charge is 0.369 e. The summed E-state index contributed by atoms with van der Waals surface area (Å²) in [5.41, 5.74) is 23.6. The van der Waals surface area contributed by atoms with E-state index in [9.17, 15) is 0 Å². The van der Waals surface area contributed by atoms with Crippen LogP contribution in [0.15, 0.2) is 32.1 Å². The molecule has 1 fully saturated rings. The first kappa shape index (κ1) is 16.0. The maximum absolute atomic E-state index is 5.32. The Balaban J connectivity index is 2.23. The lowest BCUT2D eigenvalue weighted by molar-refractivity contribution is 0.230. The number of rotatable bonds is 3. The maximum atomic E-state index is 5.32. The van der Waals surface area contributed by atoms with Crippen LogP contribution in [0, 0.1) is 11.3 Å². The molecule has 0 unspecified atom stereocenters. The first-order valence-corrected chi connectivity index (χ1v) is 7.40. The molecule has 8 heteroatoms. The number of nitrogens with two attached hydrogens (primary N) is 4. The van der Waals surface area contributed by atoms with E-state index in [1.54, 1.807) is 0 Å². The van der Waals surface area contributed by atoms with Gasteiger partial charge < -0.3 is 22.9 Å². The molecule has 2 atom stereocenters. The van der Waals surface area contributed by atoms with Gasteiger partial charge in [0.05, 0.1) is 5.71 Å². The Labute approximate surface area is 130 Å². The van der Waals surface area contributed by atoms with Gasteiger partial charge in [0, 0.05) is 12.1 Å². The molecule has 2 aliphatic carbocycles. The number of guanidine groups is 2. The minimum Gasteiger partial charge on any atom is -0.369 e. The van der Waals surface area contributed by atoms with Crippen molar-refractivity contribution in [2.75, 3.05) is 0 Å². The van der Waals surface area contributed by atoms with Gasteiger partial charge in [-0.25, -0.2) is 0 Å². The fraction of sp³-hybridized carbons (Fsp3) is 0.571. The predicted molar refractivity (Wildman–Crippen MR) is 90.3 cm³/mol.